The van der Waals surface area contributed by atoms with Crippen LogP contribution in [0.4, 0.5) is 4.79 Å². The van der Waals surface area contributed by atoms with Crippen LogP contribution in [0, 0.1) is 5.92 Å². The van der Waals surface area contributed by atoms with Gasteiger partial charge in [-0.3, -0.25) is 14.5 Å². The monoisotopic (exact) mass is 461 g/mol. The number of nitrogens with one attached hydrogen (secondary N) is 2. The summed E-state index contributed by atoms with van der Waals surface area (Å²) in [4.78, 5) is 43.1. The van der Waals surface area contributed by atoms with Gasteiger partial charge in [0.05, 0.1) is 12.2 Å². The number of nitrogens with zero attached hydrogens (tertiary/aromatic N) is 3. The van der Waals surface area contributed by atoms with Crippen LogP contribution in [0.1, 0.15) is 44.7 Å². The number of rotatable bonds is 5. The third kappa shape index (κ3) is 3.88. The molecule has 1 saturated carbocycles. The van der Waals surface area contributed by atoms with Crippen LogP contribution in [-0.4, -0.2) is 44.2 Å². The van der Waals surface area contributed by atoms with Crippen molar-refractivity contribution in [3.63, 3.8) is 0 Å². The van der Waals surface area contributed by atoms with Gasteiger partial charge < -0.3 is 15.0 Å². The number of carbonyl (C=O) groups excluding carboxylic acids is 3. The number of imide groups is 1. The van der Waals surface area contributed by atoms with Crippen LogP contribution < -0.4 is 10.6 Å². The lowest BCUT2D eigenvalue weighted by atomic mass is 9.75. The zero-order valence-electron chi connectivity index (χ0n) is 16.3. The Bertz CT molecular complexity index is 964. The van der Waals surface area contributed by atoms with Crippen LogP contribution >= 0.6 is 15.9 Å². The van der Waals surface area contributed by atoms with Crippen LogP contribution in [0.5, 0.6) is 0 Å². The fourth-order valence-corrected chi connectivity index (χ4v) is 4.58. The van der Waals surface area contributed by atoms with E-state index < -0.39 is 11.6 Å². The normalized spacial score (nSPS) is 24.3. The van der Waals surface area contributed by atoms with Gasteiger partial charge in [-0.05, 0) is 59.7 Å². The molecule has 1 aliphatic heterocycles. The Kier molecular flexibility index (Phi) is 5.33. The van der Waals surface area contributed by atoms with E-state index in [4.69, 9.17) is 0 Å². The van der Waals surface area contributed by atoms with Crippen LogP contribution in [-0.2, 0) is 16.1 Å². The topological polar surface area (TPSA) is 95.8 Å². The van der Waals surface area contributed by atoms with Gasteiger partial charge in [-0.25, -0.2) is 9.78 Å². The molecule has 154 valence electrons. The summed E-state index contributed by atoms with van der Waals surface area (Å²) in [6, 6.07) is 3.29. The predicted molar refractivity (Wildman–Crippen MR) is 110 cm³/mol. The number of imidazole rings is 1. The Morgan fingerprint density at radius 2 is 2.07 bits per heavy atom. The smallest absolute Gasteiger partial charge is 0.325 e. The highest BCUT2D eigenvalue weighted by atomic mass is 79.9. The van der Waals surface area contributed by atoms with Crippen LogP contribution in [0.25, 0.3) is 5.65 Å². The number of amides is 4. The first-order valence-electron chi connectivity index (χ1n) is 9.94. The van der Waals surface area contributed by atoms with Crippen LogP contribution in [0.3, 0.4) is 0 Å². The highest BCUT2D eigenvalue weighted by Gasteiger charge is 2.52. The molecular formula is C20H24BrN5O3. The van der Waals surface area contributed by atoms with Gasteiger partial charge in [-0.15, -0.1) is 0 Å². The van der Waals surface area contributed by atoms with E-state index in [-0.39, 0.29) is 24.9 Å². The molecule has 2 aromatic heterocycles. The first kappa shape index (κ1) is 19.9. The minimum Gasteiger partial charge on any atom is -0.349 e. The molecule has 3 heterocycles. The number of aromatic nitrogens is 2. The number of urea groups is 1. The summed E-state index contributed by atoms with van der Waals surface area (Å²) in [5, 5.41) is 5.60. The second-order valence-electron chi connectivity index (χ2n) is 7.88. The molecular weight excluding hydrogens is 438 g/mol. The van der Waals surface area contributed by atoms with E-state index in [0.29, 0.717) is 24.5 Å². The maximum Gasteiger partial charge on any atom is 0.325 e. The number of hydrogen-bond donors (Lipinski definition) is 2. The predicted octanol–water partition coefficient (Wildman–Crippen LogP) is 2.60. The molecule has 0 radical (unpaired) electrons. The largest absolute Gasteiger partial charge is 0.349 e. The summed E-state index contributed by atoms with van der Waals surface area (Å²) in [5.74, 6) is -0.0513. The summed E-state index contributed by atoms with van der Waals surface area (Å²) in [6.07, 6.45) is 7.93. The molecule has 1 spiro atoms. The van der Waals surface area contributed by atoms with Crippen molar-refractivity contribution in [2.75, 3.05) is 6.54 Å². The van der Waals surface area contributed by atoms with E-state index in [9.17, 15) is 14.4 Å². The van der Waals surface area contributed by atoms with E-state index in [2.05, 4.69) is 38.5 Å². The number of hydrogen-bond acceptors (Lipinski definition) is 4. The summed E-state index contributed by atoms with van der Waals surface area (Å²) in [5.41, 5.74) is 0.650. The summed E-state index contributed by atoms with van der Waals surface area (Å²) in [7, 11) is 0. The summed E-state index contributed by atoms with van der Waals surface area (Å²) in [6.45, 7) is 2.10. The number of fused-ring (bicyclic) bond motifs is 1. The van der Waals surface area contributed by atoms with E-state index in [0.717, 1.165) is 34.3 Å². The van der Waals surface area contributed by atoms with Gasteiger partial charge in [-0.1, -0.05) is 13.3 Å². The fourth-order valence-electron chi connectivity index (χ4n) is 4.23. The third-order valence-corrected chi connectivity index (χ3v) is 6.48. The van der Waals surface area contributed by atoms with Crippen molar-refractivity contribution in [1.82, 2.24) is 24.9 Å². The van der Waals surface area contributed by atoms with Crippen molar-refractivity contribution >= 4 is 39.4 Å². The molecule has 4 amide bonds. The lowest BCUT2D eigenvalue weighted by Crippen LogP contribution is -2.50. The molecule has 2 aromatic rings. The maximum atomic E-state index is 12.9. The molecule has 0 bridgehead atoms. The quantitative estimate of drug-likeness (QED) is 0.668. The fraction of sp³-hybridized carbons (Fsp3) is 0.500. The van der Waals surface area contributed by atoms with Gasteiger partial charge in [0, 0.05) is 16.9 Å². The van der Waals surface area contributed by atoms with Crippen molar-refractivity contribution < 1.29 is 14.4 Å². The van der Waals surface area contributed by atoms with Gasteiger partial charge >= 0.3 is 6.03 Å². The minimum absolute atomic E-state index is 0.227. The van der Waals surface area contributed by atoms with E-state index in [1.807, 2.05) is 28.9 Å². The van der Waals surface area contributed by atoms with Crippen molar-refractivity contribution in [3.8, 4) is 0 Å². The number of carbonyl (C=O) groups is 3. The third-order valence-electron chi connectivity index (χ3n) is 6.02. The van der Waals surface area contributed by atoms with Crippen LogP contribution in [0.15, 0.2) is 29.0 Å². The zero-order valence-corrected chi connectivity index (χ0v) is 17.9. The van der Waals surface area contributed by atoms with Crippen molar-refractivity contribution in [1.29, 1.82) is 0 Å². The number of halogens is 1. The molecule has 1 aliphatic carbocycles. The van der Waals surface area contributed by atoms with Gasteiger partial charge in [-0.2, -0.15) is 0 Å². The Balaban J connectivity index is 1.35. The Morgan fingerprint density at radius 3 is 2.79 bits per heavy atom. The second kappa shape index (κ2) is 7.78. The first-order valence-corrected chi connectivity index (χ1v) is 10.7. The van der Waals surface area contributed by atoms with Gasteiger partial charge in [0.1, 0.15) is 17.7 Å². The molecule has 0 aromatic carbocycles. The van der Waals surface area contributed by atoms with E-state index in [1.165, 1.54) is 0 Å². The SMILES string of the molecule is CCC1CCC2(CC1)NC(=O)N(CC(=O)NCc1cn3cc(Br)ccc3n1)C2=O. The van der Waals surface area contributed by atoms with Gasteiger partial charge in [0.25, 0.3) is 5.91 Å². The molecule has 1 saturated heterocycles. The molecule has 2 aliphatic rings. The lowest BCUT2D eigenvalue weighted by molar-refractivity contribution is -0.136. The van der Waals surface area contributed by atoms with Gasteiger partial charge in [0.15, 0.2) is 0 Å². The Hall–Kier alpha value is -2.42. The molecule has 29 heavy (non-hydrogen) atoms. The lowest BCUT2D eigenvalue weighted by Gasteiger charge is -2.34. The molecule has 8 nitrogen and oxygen atoms in total. The highest BCUT2D eigenvalue weighted by molar-refractivity contribution is 9.10. The Labute approximate surface area is 177 Å². The molecule has 9 heteroatoms. The zero-order chi connectivity index (χ0) is 20.6. The Morgan fingerprint density at radius 1 is 1.31 bits per heavy atom. The molecule has 4 rings (SSSR count). The van der Waals surface area contributed by atoms with E-state index in [1.54, 1.807) is 0 Å². The molecule has 2 N–H and O–H groups in total. The average molecular weight is 462 g/mol. The standard InChI is InChI=1S/C20H24BrN5O3/c1-2-13-5-7-20(8-6-13)18(28)26(19(29)24-20)12-17(27)22-9-15-11-25-10-14(21)3-4-16(25)23-15/h3-4,10-11,13H,2,5-9,12H2,1H3,(H,22,27)(H,24,29). The highest BCUT2D eigenvalue weighted by Crippen LogP contribution is 2.37. The van der Waals surface area contributed by atoms with Crippen molar-refractivity contribution in [2.24, 2.45) is 5.92 Å². The van der Waals surface area contributed by atoms with Crippen molar-refractivity contribution in [3.05, 3.63) is 34.7 Å². The molecule has 0 unspecified atom stereocenters. The average Bonchev–Trinajstić information content (AvgIpc) is 3.21. The van der Waals surface area contributed by atoms with Crippen LogP contribution in [0.2, 0.25) is 0 Å². The molecule has 0 atom stereocenters. The minimum atomic E-state index is -0.821. The molecule has 2 fully saturated rings. The van der Waals surface area contributed by atoms with E-state index >= 15 is 0 Å². The summed E-state index contributed by atoms with van der Waals surface area (Å²) < 4.78 is 2.79. The van der Waals surface area contributed by atoms with Crippen molar-refractivity contribution in [2.45, 2.75) is 51.1 Å². The second-order valence-corrected chi connectivity index (χ2v) is 8.79. The first-order chi connectivity index (χ1) is 13.9. The summed E-state index contributed by atoms with van der Waals surface area (Å²) >= 11 is 3.41. The van der Waals surface area contributed by atoms with Gasteiger partial charge in [0.2, 0.25) is 5.91 Å². The number of pyridine rings is 1. The maximum absolute atomic E-state index is 12.9.